The summed E-state index contributed by atoms with van der Waals surface area (Å²) in [7, 11) is 1.61. The molecule has 0 aliphatic heterocycles. The van der Waals surface area contributed by atoms with Gasteiger partial charge in [-0.05, 0) is 20.3 Å². The van der Waals surface area contributed by atoms with E-state index in [2.05, 4.69) is 10.2 Å². The zero-order valence-electron chi connectivity index (χ0n) is 10.7. The molecule has 1 rings (SSSR count). The Labute approximate surface area is 101 Å². The second kappa shape index (κ2) is 4.75. The van der Waals surface area contributed by atoms with Crippen LogP contribution in [0.15, 0.2) is 0 Å². The van der Waals surface area contributed by atoms with Crippen molar-refractivity contribution in [1.82, 2.24) is 15.1 Å². The first-order valence-corrected chi connectivity index (χ1v) is 5.56. The number of amides is 1. The molecule has 0 aromatic carbocycles. The Kier molecular flexibility index (Phi) is 3.77. The van der Waals surface area contributed by atoms with E-state index >= 15 is 0 Å². The number of likely N-dealkylation sites (N-methyl/N-ethyl adjacent to an activating group) is 1. The number of aromatic nitrogens is 2. The van der Waals surface area contributed by atoms with E-state index in [4.69, 9.17) is 5.73 Å². The molecule has 96 valence electrons. The number of aryl methyl sites for hydroxylation is 1. The molecular weight excluding hydrogens is 220 g/mol. The van der Waals surface area contributed by atoms with Crippen LogP contribution in [-0.2, 0) is 6.42 Å². The Morgan fingerprint density at radius 2 is 2.18 bits per heavy atom. The van der Waals surface area contributed by atoms with Crippen LogP contribution in [0.25, 0.3) is 0 Å². The molecule has 0 bridgehead atoms. The third kappa shape index (κ3) is 3.20. The number of hydrogen-bond acceptors (Lipinski definition) is 4. The zero-order chi connectivity index (χ0) is 13.2. The van der Waals surface area contributed by atoms with E-state index in [1.54, 1.807) is 20.9 Å². The van der Waals surface area contributed by atoms with Crippen molar-refractivity contribution in [3.05, 3.63) is 11.4 Å². The maximum atomic E-state index is 12.0. The molecule has 0 saturated heterocycles. The van der Waals surface area contributed by atoms with Crippen molar-refractivity contribution in [3.8, 4) is 0 Å². The molecule has 0 atom stereocenters. The van der Waals surface area contributed by atoms with Gasteiger partial charge in [0.2, 0.25) is 0 Å². The number of anilines is 1. The third-order valence-electron chi connectivity index (χ3n) is 2.41. The van der Waals surface area contributed by atoms with E-state index in [1.807, 2.05) is 6.92 Å². The van der Waals surface area contributed by atoms with E-state index in [0.717, 1.165) is 5.69 Å². The largest absolute Gasteiger partial charge is 0.395 e. The SMILES string of the molecule is CCc1[nH]nc(C(=O)N(C)CC(C)(C)O)c1N. The highest BCUT2D eigenvalue weighted by Crippen LogP contribution is 2.16. The maximum Gasteiger partial charge on any atom is 0.276 e. The van der Waals surface area contributed by atoms with Crippen LogP contribution in [0.3, 0.4) is 0 Å². The quantitative estimate of drug-likeness (QED) is 0.709. The van der Waals surface area contributed by atoms with E-state index in [1.165, 1.54) is 4.90 Å². The van der Waals surface area contributed by atoms with Crippen molar-refractivity contribution in [2.24, 2.45) is 0 Å². The van der Waals surface area contributed by atoms with Crippen molar-refractivity contribution in [2.45, 2.75) is 32.8 Å². The summed E-state index contributed by atoms with van der Waals surface area (Å²) in [4.78, 5) is 13.4. The summed E-state index contributed by atoms with van der Waals surface area (Å²) in [6.45, 7) is 5.43. The summed E-state index contributed by atoms with van der Waals surface area (Å²) >= 11 is 0. The number of nitrogens with zero attached hydrogens (tertiary/aromatic N) is 2. The molecule has 4 N–H and O–H groups in total. The monoisotopic (exact) mass is 240 g/mol. The number of hydrogen-bond donors (Lipinski definition) is 3. The number of nitrogen functional groups attached to an aromatic ring is 1. The van der Waals surface area contributed by atoms with Crippen LogP contribution in [0.4, 0.5) is 5.69 Å². The predicted octanol–water partition coefficient (Wildman–Crippen LogP) is 0.397. The van der Waals surface area contributed by atoms with Gasteiger partial charge in [0.25, 0.3) is 5.91 Å². The molecular formula is C11H20N4O2. The van der Waals surface area contributed by atoms with Gasteiger partial charge in [-0.15, -0.1) is 0 Å². The van der Waals surface area contributed by atoms with E-state index in [0.29, 0.717) is 12.1 Å². The summed E-state index contributed by atoms with van der Waals surface area (Å²) < 4.78 is 0. The van der Waals surface area contributed by atoms with Crippen LogP contribution in [0.2, 0.25) is 0 Å². The van der Waals surface area contributed by atoms with Crippen LogP contribution in [0.5, 0.6) is 0 Å². The molecule has 1 amide bonds. The first-order valence-electron chi connectivity index (χ1n) is 5.56. The average Bonchev–Trinajstić information content (AvgIpc) is 2.55. The molecule has 1 aromatic heterocycles. The lowest BCUT2D eigenvalue weighted by atomic mass is 10.1. The second-order valence-corrected chi connectivity index (χ2v) is 4.79. The molecule has 0 unspecified atom stereocenters. The number of rotatable bonds is 4. The Morgan fingerprint density at radius 3 is 2.59 bits per heavy atom. The fraction of sp³-hybridized carbons (Fsp3) is 0.636. The molecule has 0 aliphatic carbocycles. The minimum Gasteiger partial charge on any atom is -0.395 e. The van der Waals surface area contributed by atoms with Crippen LogP contribution in [-0.4, -0.2) is 45.3 Å². The van der Waals surface area contributed by atoms with Gasteiger partial charge >= 0.3 is 0 Å². The molecule has 0 radical (unpaired) electrons. The average molecular weight is 240 g/mol. The molecule has 1 aromatic rings. The first-order chi connectivity index (χ1) is 7.76. The number of carbonyl (C=O) groups excluding carboxylic acids is 1. The second-order valence-electron chi connectivity index (χ2n) is 4.79. The van der Waals surface area contributed by atoms with Gasteiger partial charge in [-0.2, -0.15) is 5.10 Å². The Hall–Kier alpha value is -1.56. The summed E-state index contributed by atoms with van der Waals surface area (Å²) in [6, 6.07) is 0. The highest BCUT2D eigenvalue weighted by atomic mass is 16.3. The van der Waals surface area contributed by atoms with Gasteiger partial charge in [-0.1, -0.05) is 6.92 Å². The van der Waals surface area contributed by atoms with Gasteiger partial charge in [0.15, 0.2) is 5.69 Å². The number of aliphatic hydroxyl groups is 1. The van der Waals surface area contributed by atoms with Gasteiger partial charge in [-0.25, -0.2) is 0 Å². The highest BCUT2D eigenvalue weighted by Gasteiger charge is 2.24. The topological polar surface area (TPSA) is 95.2 Å². The van der Waals surface area contributed by atoms with Crippen molar-refractivity contribution in [2.75, 3.05) is 19.3 Å². The first kappa shape index (κ1) is 13.5. The Morgan fingerprint density at radius 1 is 1.59 bits per heavy atom. The molecule has 6 heteroatoms. The molecule has 1 heterocycles. The molecule has 0 spiro atoms. The smallest absolute Gasteiger partial charge is 0.276 e. The van der Waals surface area contributed by atoms with Gasteiger partial charge in [0.1, 0.15) is 0 Å². The van der Waals surface area contributed by atoms with Gasteiger partial charge in [0, 0.05) is 13.6 Å². The summed E-state index contributed by atoms with van der Waals surface area (Å²) in [5, 5.41) is 16.3. The molecule has 0 aliphatic rings. The lowest BCUT2D eigenvalue weighted by Gasteiger charge is -2.25. The molecule has 0 fully saturated rings. The van der Waals surface area contributed by atoms with Crippen molar-refractivity contribution in [1.29, 1.82) is 0 Å². The van der Waals surface area contributed by atoms with Crippen LogP contribution in [0, 0.1) is 0 Å². The van der Waals surface area contributed by atoms with Crippen LogP contribution >= 0.6 is 0 Å². The fourth-order valence-electron chi connectivity index (χ4n) is 1.65. The number of nitrogens with two attached hydrogens (primary N) is 1. The van der Waals surface area contributed by atoms with Crippen molar-refractivity contribution < 1.29 is 9.90 Å². The zero-order valence-corrected chi connectivity index (χ0v) is 10.7. The number of H-pyrrole nitrogens is 1. The van der Waals surface area contributed by atoms with Crippen LogP contribution < -0.4 is 5.73 Å². The number of aromatic amines is 1. The Balaban J connectivity index is 2.85. The Bertz CT molecular complexity index is 406. The van der Waals surface area contributed by atoms with Crippen molar-refractivity contribution in [3.63, 3.8) is 0 Å². The standard InChI is InChI=1S/C11H20N4O2/c1-5-7-8(12)9(14-13-7)10(16)15(4)6-11(2,3)17/h17H,5-6,12H2,1-4H3,(H,13,14). The summed E-state index contributed by atoms with van der Waals surface area (Å²) in [6.07, 6.45) is 0.696. The molecule has 17 heavy (non-hydrogen) atoms. The van der Waals surface area contributed by atoms with E-state index in [-0.39, 0.29) is 18.1 Å². The van der Waals surface area contributed by atoms with Gasteiger partial charge in [-0.3, -0.25) is 9.89 Å². The van der Waals surface area contributed by atoms with Gasteiger partial charge in [0.05, 0.1) is 17.0 Å². The minimum absolute atomic E-state index is 0.216. The van der Waals surface area contributed by atoms with Crippen LogP contribution in [0.1, 0.15) is 37.0 Å². The van der Waals surface area contributed by atoms with Crippen molar-refractivity contribution >= 4 is 11.6 Å². The normalized spacial score (nSPS) is 11.6. The molecule has 0 saturated carbocycles. The number of carbonyl (C=O) groups is 1. The van der Waals surface area contributed by atoms with Gasteiger partial charge < -0.3 is 15.7 Å². The lowest BCUT2D eigenvalue weighted by molar-refractivity contribution is 0.0365. The third-order valence-corrected chi connectivity index (χ3v) is 2.41. The minimum atomic E-state index is -0.941. The number of nitrogens with one attached hydrogen (secondary N) is 1. The highest BCUT2D eigenvalue weighted by molar-refractivity contribution is 5.97. The molecule has 6 nitrogen and oxygen atoms in total. The maximum absolute atomic E-state index is 12.0. The lowest BCUT2D eigenvalue weighted by Crippen LogP contribution is -2.40. The predicted molar refractivity (Wildman–Crippen MR) is 65.6 cm³/mol. The van der Waals surface area contributed by atoms with E-state index in [9.17, 15) is 9.90 Å². The summed E-state index contributed by atoms with van der Waals surface area (Å²) in [5.41, 5.74) is 6.23. The van der Waals surface area contributed by atoms with E-state index < -0.39 is 5.60 Å². The summed E-state index contributed by atoms with van der Waals surface area (Å²) in [5.74, 6) is -0.291. The fourth-order valence-corrected chi connectivity index (χ4v) is 1.65.